The minimum Gasteiger partial charge on any atom is -0.328 e. The Kier molecular flexibility index (Phi) is 3.79. The first-order valence-electron chi connectivity index (χ1n) is 6.96. The summed E-state index contributed by atoms with van der Waals surface area (Å²) in [6, 6.07) is 14.0. The molecule has 4 heteroatoms. The van der Waals surface area contributed by atoms with Crippen LogP contribution in [0.2, 0.25) is 0 Å². The van der Waals surface area contributed by atoms with Crippen LogP contribution in [0.15, 0.2) is 61.2 Å². The average Bonchev–Trinajstić information content (AvgIpc) is 2.98. The summed E-state index contributed by atoms with van der Waals surface area (Å²) in [6.45, 7) is 2.71. The second-order valence-corrected chi connectivity index (χ2v) is 5.14. The zero-order valence-electron chi connectivity index (χ0n) is 12.0. The molecule has 3 rings (SSSR count). The minimum absolute atomic E-state index is 0.174. The van der Waals surface area contributed by atoms with E-state index in [2.05, 4.69) is 20.6 Å². The summed E-state index contributed by atoms with van der Waals surface area (Å²) in [7, 11) is 0. The third-order valence-corrected chi connectivity index (χ3v) is 3.55. The van der Waals surface area contributed by atoms with Gasteiger partial charge in [0.25, 0.3) is 0 Å². The Labute approximate surface area is 124 Å². The SMILES string of the molecule is Cc1ccc(Cn2cncc2C(N)c2ccccc2)cn1. The van der Waals surface area contributed by atoms with Gasteiger partial charge in [-0.1, -0.05) is 36.4 Å². The standard InChI is InChI=1S/C17H18N4/c1-13-7-8-14(9-20-13)11-21-12-19-10-16(21)17(18)15-5-3-2-4-6-15/h2-10,12,17H,11,18H2,1H3. The summed E-state index contributed by atoms with van der Waals surface area (Å²) in [6.07, 6.45) is 5.55. The van der Waals surface area contributed by atoms with Crippen LogP contribution in [-0.4, -0.2) is 14.5 Å². The largest absolute Gasteiger partial charge is 0.328 e. The normalized spacial score (nSPS) is 12.3. The lowest BCUT2D eigenvalue weighted by Gasteiger charge is -2.15. The van der Waals surface area contributed by atoms with Gasteiger partial charge in [0.15, 0.2) is 0 Å². The number of benzene rings is 1. The van der Waals surface area contributed by atoms with Crippen molar-refractivity contribution in [2.75, 3.05) is 0 Å². The minimum atomic E-state index is -0.174. The Bertz CT molecular complexity index is 701. The van der Waals surface area contributed by atoms with Gasteiger partial charge in [0, 0.05) is 11.9 Å². The van der Waals surface area contributed by atoms with Gasteiger partial charge in [-0.05, 0) is 24.1 Å². The molecule has 106 valence electrons. The van der Waals surface area contributed by atoms with Crippen LogP contribution < -0.4 is 5.73 Å². The van der Waals surface area contributed by atoms with E-state index in [1.54, 1.807) is 0 Å². The van der Waals surface area contributed by atoms with Crippen LogP contribution in [0.25, 0.3) is 0 Å². The fourth-order valence-corrected chi connectivity index (χ4v) is 2.34. The van der Waals surface area contributed by atoms with Crippen molar-refractivity contribution in [3.63, 3.8) is 0 Å². The van der Waals surface area contributed by atoms with E-state index in [0.29, 0.717) is 0 Å². The van der Waals surface area contributed by atoms with E-state index in [4.69, 9.17) is 5.73 Å². The molecule has 2 heterocycles. The first-order chi connectivity index (χ1) is 10.2. The lowest BCUT2D eigenvalue weighted by atomic mass is 10.1. The molecule has 0 amide bonds. The van der Waals surface area contributed by atoms with Gasteiger partial charge >= 0.3 is 0 Å². The highest BCUT2D eigenvalue weighted by Crippen LogP contribution is 2.19. The molecule has 0 saturated carbocycles. The van der Waals surface area contributed by atoms with Crippen LogP contribution in [0.3, 0.4) is 0 Å². The predicted molar refractivity (Wildman–Crippen MR) is 82.8 cm³/mol. The highest BCUT2D eigenvalue weighted by Gasteiger charge is 2.13. The van der Waals surface area contributed by atoms with Crippen molar-refractivity contribution >= 4 is 0 Å². The van der Waals surface area contributed by atoms with E-state index < -0.39 is 0 Å². The van der Waals surface area contributed by atoms with Gasteiger partial charge in [0.1, 0.15) is 0 Å². The molecule has 0 saturated heterocycles. The quantitative estimate of drug-likeness (QED) is 0.798. The number of aromatic nitrogens is 3. The molecule has 0 aliphatic rings. The lowest BCUT2D eigenvalue weighted by Crippen LogP contribution is -2.17. The molecule has 0 spiro atoms. The molecule has 1 atom stereocenters. The summed E-state index contributed by atoms with van der Waals surface area (Å²) in [5.74, 6) is 0. The second kappa shape index (κ2) is 5.89. The summed E-state index contributed by atoms with van der Waals surface area (Å²) < 4.78 is 2.07. The molecule has 0 bridgehead atoms. The molecule has 2 N–H and O–H groups in total. The van der Waals surface area contributed by atoms with E-state index in [1.165, 1.54) is 0 Å². The van der Waals surface area contributed by atoms with E-state index >= 15 is 0 Å². The molecule has 2 aromatic heterocycles. The number of nitrogens with zero attached hydrogens (tertiary/aromatic N) is 3. The molecule has 0 aliphatic carbocycles. The molecule has 0 radical (unpaired) electrons. The van der Waals surface area contributed by atoms with Gasteiger partial charge < -0.3 is 10.3 Å². The van der Waals surface area contributed by atoms with E-state index in [9.17, 15) is 0 Å². The van der Waals surface area contributed by atoms with Crippen LogP contribution in [0.4, 0.5) is 0 Å². The van der Waals surface area contributed by atoms with Crippen LogP contribution in [0, 0.1) is 6.92 Å². The second-order valence-electron chi connectivity index (χ2n) is 5.14. The summed E-state index contributed by atoms with van der Waals surface area (Å²) >= 11 is 0. The molecule has 4 nitrogen and oxygen atoms in total. The monoisotopic (exact) mass is 278 g/mol. The van der Waals surface area contributed by atoms with Crippen LogP contribution in [-0.2, 0) is 6.54 Å². The number of aryl methyl sites for hydroxylation is 1. The van der Waals surface area contributed by atoms with Crippen LogP contribution >= 0.6 is 0 Å². The maximum absolute atomic E-state index is 6.36. The number of nitrogens with two attached hydrogens (primary N) is 1. The maximum atomic E-state index is 6.36. The molecule has 21 heavy (non-hydrogen) atoms. The van der Waals surface area contributed by atoms with Crippen molar-refractivity contribution in [3.05, 3.63) is 83.7 Å². The molecule has 0 fully saturated rings. The Morgan fingerprint density at radius 1 is 1.10 bits per heavy atom. The van der Waals surface area contributed by atoms with Crippen molar-refractivity contribution in [1.29, 1.82) is 0 Å². The number of imidazole rings is 1. The fraction of sp³-hybridized carbons (Fsp3) is 0.176. The topological polar surface area (TPSA) is 56.7 Å². The summed E-state index contributed by atoms with van der Waals surface area (Å²) in [5.41, 5.74) is 10.6. The Morgan fingerprint density at radius 3 is 2.62 bits per heavy atom. The molecule has 1 aromatic carbocycles. The molecule has 3 aromatic rings. The molecule has 0 aliphatic heterocycles. The van der Waals surface area contributed by atoms with Crippen molar-refractivity contribution < 1.29 is 0 Å². The van der Waals surface area contributed by atoms with Crippen LogP contribution in [0.1, 0.15) is 28.6 Å². The van der Waals surface area contributed by atoms with E-state index in [0.717, 1.165) is 29.1 Å². The number of hydrogen-bond donors (Lipinski definition) is 1. The van der Waals surface area contributed by atoms with Crippen molar-refractivity contribution in [2.45, 2.75) is 19.5 Å². The first kappa shape index (κ1) is 13.5. The Hall–Kier alpha value is -2.46. The smallest absolute Gasteiger partial charge is 0.0951 e. The van der Waals surface area contributed by atoms with E-state index in [1.807, 2.05) is 62.0 Å². The first-order valence-corrected chi connectivity index (χ1v) is 6.96. The summed E-state index contributed by atoms with van der Waals surface area (Å²) in [4.78, 5) is 8.57. The van der Waals surface area contributed by atoms with Gasteiger partial charge in [-0.2, -0.15) is 0 Å². The van der Waals surface area contributed by atoms with Crippen molar-refractivity contribution in [1.82, 2.24) is 14.5 Å². The van der Waals surface area contributed by atoms with Crippen molar-refractivity contribution in [3.8, 4) is 0 Å². The zero-order chi connectivity index (χ0) is 14.7. The summed E-state index contributed by atoms with van der Waals surface area (Å²) in [5, 5.41) is 0. The van der Waals surface area contributed by atoms with E-state index in [-0.39, 0.29) is 6.04 Å². The van der Waals surface area contributed by atoms with Gasteiger partial charge in [0.2, 0.25) is 0 Å². The van der Waals surface area contributed by atoms with Gasteiger partial charge in [-0.3, -0.25) is 4.98 Å². The van der Waals surface area contributed by atoms with Crippen molar-refractivity contribution in [2.24, 2.45) is 5.73 Å². The number of hydrogen-bond acceptors (Lipinski definition) is 3. The molecule has 1 unspecified atom stereocenters. The van der Waals surface area contributed by atoms with Gasteiger partial charge in [-0.25, -0.2) is 4.98 Å². The van der Waals surface area contributed by atoms with Gasteiger partial charge in [0.05, 0.1) is 30.8 Å². The zero-order valence-corrected chi connectivity index (χ0v) is 12.0. The van der Waals surface area contributed by atoms with Crippen LogP contribution in [0.5, 0.6) is 0 Å². The highest BCUT2D eigenvalue weighted by molar-refractivity contribution is 5.27. The third-order valence-electron chi connectivity index (χ3n) is 3.55. The maximum Gasteiger partial charge on any atom is 0.0951 e. The lowest BCUT2D eigenvalue weighted by molar-refractivity contribution is 0.694. The third kappa shape index (κ3) is 3.01. The number of rotatable bonds is 4. The highest BCUT2D eigenvalue weighted by atomic mass is 15.1. The van der Waals surface area contributed by atoms with Gasteiger partial charge in [-0.15, -0.1) is 0 Å². The average molecular weight is 278 g/mol. The molecular weight excluding hydrogens is 260 g/mol. The Morgan fingerprint density at radius 2 is 1.90 bits per heavy atom. The predicted octanol–water partition coefficient (Wildman–Crippen LogP) is 2.68. The Balaban J connectivity index is 1.85. The molecular formula is C17H18N4. The number of pyridine rings is 1. The fourth-order valence-electron chi connectivity index (χ4n) is 2.34.